The van der Waals surface area contributed by atoms with E-state index in [9.17, 15) is 12.8 Å². The van der Waals surface area contributed by atoms with Crippen LogP contribution in [0.5, 0.6) is 0 Å². The SMILES string of the molecule is CC(C)NCCS(=O)(=O)NC(C)c1ccc(F)cc1. The van der Waals surface area contributed by atoms with E-state index in [1.807, 2.05) is 13.8 Å². The Bertz CT molecular complexity index is 486. The third-order valence-corrected chi connectivity index (χ3v) is 4.10. The molecule has 1 unspecified atom stereocenters. The molecular weight excluding hydrogens is 267 g/mol. The summed E-state index contributed by atoms with van der Waals surface area (Å²) in [6.07, 6.45) is 0. The Morgan fingerprint density at radius 1 is 1.16 bits per heavy atom. The number of halogens is 1. The highest BCUT2D eigenvalue weighted by Gasteiger charge is 2.15. The van der Waals surface area contributed by atoms with Gasteiger partial charge in [-0.1, -0.05) is 26.0 Å². The van der Waals surface area contributed by atoms with Gasteiger partial charge in [0.2, 0.25) is 10.0 Å². The number of rotatable bonds is 7. The summed E-state index contributed by atoms with van der Waals surface area (Å²) in [6.45, 7) is 6.06. The number of benzene rings is 1. The molecule has 0 aliphatic heterocycles. The number of hydrogen-bond donors (Lipinski definition) is 2. The fraction of sp³-hybridized carbons (Fsp3) is 0.538. The lowest BCUT2D eigenvalue weighted by Crippen LogP contribution is -2.35. The predicted molar refractivity (Wildman–Crippen MR) is 74.9 cm³/mol. The zero-order valence-corrected chi connectivity index (χ0v) is 12.3. The Morgan fingerprint density at radius 2 is 1.74 bits per heavy atom. The van der Waals surface area contributed by atoms with Crippen LogP contribution in [0, 0.1) is 5.82 Å². The lowest BCUT2D eigenvalue weighted by atomic mass is 10.1. The van der Waals surface area contributed by atoms with Gasteiger partial charge in [0.05, 0.1) is 5.75 Å². The zero-order chi connectivity index (χ0) is 14.5. The van der Waals surface area contributed by atoms with Crippen molar-refractivity contribution in [1.29, 1.82) is 0 Å². The molecule has 0 aliphatic carbocycles. The van der Waals surface area contributed by atoms with Crippen LogP contribution in [0.15, 0.2) is 24.3 Å². The highest BCUT2D eigenvalue weighted by molar-refractivity contribution is 7.89. The first-order valence-corrected chi connectivity index (χ1v) is 7.94. The normalized spacial score (nSPS) is 13.7. The van der Waals surface area contributed by atoms with Crippen LogP contribution in [0.2, 0.25) is 0 Å². The molecule has 0 amide bonds. The van der Waals surface area contributed by atoms with Crippen molar-refractivity contribution in [1.82, 2.24) is 10.0 Å². The molecular formula is C13H21FN2O2S. The lowest BCUT2D eigenvalue weighted by molar-refractivity contribution is 0.555. The molecule has 0 saturated heterocycles. The zero-order valence-electron chi connectivity index (χ0n) is 11.5. The standard InChI is InChI=1S/C13H21FN2O2S/c1-10(2)15-8-9-19(17,18)16-11(3)12-4-6-13(14)7-5-12/h4-7,10-11,15-16H,8-9H2,1-3H3. The average molecular weight is 288 g/mol. The predicted octanol–water partition coefficient (Wildman–Crippen LogP) is 1.80. The number of hydrogen-bond acceptors (Lipinski definition) is 3. The maximum atomic E-state index is 12.8. The van der Waals surface area contributed by atoms with Gasteiger partial charge in [-0.2, -0.15) is 0 Å². The molecule has 0 radical (unpaired) electrons. The molecule has 0 heterocycles. The molecule has 0 spiro atoms. The lowest BCUT2D eigenvalue weighted by Gasteiger charge is -2.15. The van der Waals surface area contributed by atoms with E-state index in [-0.39, 0.29) is 23.7 Å². The van der Waals surface area contributed by atoms with Crippen LogP contribution >= 0.6 is 0 Å². The summed E-state index contributed by atoms with van der Waals surface area (Å²) < 4.78 is 39.0. The van der Waals surface area contributed by atoms with Gasteiger partial charge in [0.15, 0.2) is 0 Å². The van der Waals surface area contributed by atoms with Crippen molar-refractivity contribution in [3.05, 3.63) is 35.6 Å². The summed E-state index contributed by atoms with van der Waals surface area (Å²) in [5, 5.41) is 3.05. The van der Waals surface area contributed by atoms with Crippen molar-refractivity contribution < 1.29 is 12.8 Å². The van der Waals surface area contributed by atoms with E-state index in [2.05, 4.69) is 10.0 Å². The fourth-order valence-corrected chi connectivity index (χ4v) is 2.81. The van der Waals surface area contributed by atoms with Crippen molar-refractivity contribution in [2.45, 2.75) is 32.9 Å². The quantitative estimate of drug-likeness (QED) is 0.804. The minimum absolute atomic E-state index is 0.0245. The van der Waals surface area contributed by atoms with Crippen LogP contribution in [0.1, 0.15) is 32.4 Å². The van der Waals surface area contributed by atoms with Crippen LogP contribution in [0.25, 0.3) is 0 Å². The van der Waals surface area contributed by atoms with Crippen molar-refractivity contribution in [3.8, 4) is 0 Å². The van der Waals surface area contributed by atoms with E-state index in [4.69, 9.17) is 0 Å². The molecule has 0 aliphatic rings. The van der Waals surface area contributed by atoms with Crippen LogP contribution in [-0.4, -0.2) is 26.8 Å². The Balaban J connectivity index is 2.55. The van der Waals surface area contributed by atoms with Crippen LogP contribution in [-0.2, 0) is 10.0 Å². The Kier molecular flexibility index (Phi) is 5.90. The maximum Gasteiger partial charge on any atom is 0.213 e. The first kappa shape index (κ1) is 16.1. The molecule has 0 aromatic heterocycles. The molecule has 1 rings (SSSR count). The van der Waals surface area contributed by atoms with Gasteiger partial charge in [-0.3, -0.25) is 0 Å². The highest BCUT2D eigenvalue weighted by Crippen LogP contribution is 2.13. The molecule has 1 atom stereocenters. The minimum atomic E-state index is -3.34. The monoisotopic (exact) mass is 288 g/mol. The number of sulfonamides is 1. The van der Waals surface area contributed by atoms with Crippen LogP contribution in [0.4, 0.5) is 4.39 Å². The van der Waals surface area contributed by atoms with Gasteiger partial charge in [0.1, 0.15) is 5.82 Å². The topological polar surface area (TPSA) is 58.2 Å². The van der Waals surface area contributed by atoms with Gasteiger partial charge >= 0.3 is 0 Å². The van der Waals surface area contributed by atoms with E-state index >= 15 is 0 Å². The molecule has 0 fully saturated rings. The van der Waals surface area contributed by atoms with Gasteiger partial charge in [-0.05, 0) is 24.6 Å². The smallest absolute Gasteiger partial charge is 0.213 e. The van der Waals surface area contributed by atoms with E-state index < -0.39 is 10.0 Å². The second-order valence-corrected chi connectivity index (χ2v) is 6.69. The van der Waals surface area contributed by atoms with E-state index in [1.165, 1.54) is 12.1 Å². The largest absolute Gasteiger partial charge is 0.313 e. The molecule has 1 aromatic carbocycles. The summed E-state index contributed by atoms with van der Waals surface area (Å²) >= 11 is 0. The molecule has 1 aromatic rings. The molecule has 0 saturated carbocycles. The fourth-order valence-electron chi connectivity index (χ4n) is 1.63. The summed E-state index contributed by atoms with van der Waals surface area (Å²) in [7, 11) is -3.34. The van der Waals surface area contributed by atoms with Crippen LogP contribution in [0.3, 0.4) is 0 Å². The first-order chi connectivity index (χ1) is 8.80. The molecule has 108 valence electrons. The maximum absolute atomic E-state index is 12.8. The van der Waals surface area contributed by atoms with Gasteiger partial charge in [0, 0.05) is 18.6 Å². The van der Waals surface area contributed by atoms with E-state index in [0.717, 1.165) is 5.56 Å². The minimum Gasteiger partial charge on any atom is -0.313 e. The van der Waals surface area contributed by atoms with Crippen molar-refractivity contribution in [2.24, 2.45) is 0 Å². The third kappa shape index (κ3) is 6.13. The summed E-state index contributed by atoms with van der Waals surface area (Å²) in [6, 6.07) is 5.68. The molecule has 19 heavy (non-hydrogen) atoms. The second-order valence-electron chi connectivity index (χ2n) is 4.82. The van der Waals surface area contributed by atoms with Gasteiger partial charge in [-0.15, -0.1) is 0 Å². The van der Waals surface area contributed by atoms with Gasteiger partial charge in [0.25, 0.3) is 0 Å². The highest BCUT2D eigenvalue weighted by atomic mass is 32.2. The first-order valence-electron chi connectivity index (χ1n) is 6.29. The summed E-state index contributed by atoms with van der Waals surface area (Å²) in [5.74, 6) is -0.309. The summed E-state index contributed by atoms with van der Waals surface area (Å²) in [4.78, 5) is 0. The van der Waals surface area contributed by atoms with Crippen molar-refractivity contribution in [3.63, 3.8) is 0 Å². The summed E-state index contributed by atoms with van der Waals surface area (Å²) in [5.41, 5.74) is 0.738. The molecule has 6 heteroatoms. The molecule has 2 N–H and O–H groups in total. The second kappa shape index (κ2) is 6.98. The van der Waals surface area contributed by atoms with E-state index in [0.29, 0.717) is 6.54 Å². The molecule has 4 nitrogen and oxygen atoms in total. The van der Waals surface area contributed by atoms with Gasteiger partial charge < -0.3 is 5.32 Å². The van der Waals surface area contributed by atoms with Crippen LogP contribution < -0.4 is 10.0 Å². The third-order valence-electron chi connectivity index (χ3n) is 2.65. The average Bonchev–Trinajstić information content (AvgIpc) is 2.28. The Hall–Kier alpha value is -0.980. The van der Waals surface area contributed by atoms with Crippen molar-refractivity contribution in [2.75, 3.05) is 12.3 Å². The van der Waals surface area contributed by atoms with Crippen molar-refractivity contribution >= 4 is 10.0 Å². The van der Waals surface area contributed by atoms with E-state index in [1.54, 1.807) is 19.1 Å². The molecule has 0 bridgehead atoms. The Morgan fingerprint density at radius 3 is 2.26 bits per heavy atom. The van der Waals surface area contributed by atoms with Gasteiger partial charge in [-0.25, -0.2) is 17.5 Å². The number of nitrogens with one attached hydrogen (secondary N) is 2. The Labute approximate surface area is 114 Å².